The second kappa shape index (κ2) is 9.09. The number of fused-ring (bicyclic) bond motifs is 1. The molecule has 0 fully saturated rings. The lowest BCUT2D eigenvalue weighted by Crippen LogP contribution is -2.19. The van der Waals surface area contributed by atoms with E-state index in [1.807, 2.05) is 0 Å². The Labute approximate surface area is 144 Å². The number of nitrogens with one attached hydrogen (secondary N) is 1. The van der Waals surface area contributed by atoms with Gasteiger partial charge in [-0.1, -0.05) is 60.7 Å². The van der Waals surface area contributed by atoms with Crippen LogP contribution in [0.3, 0.4) is 0 Å². The van der Waals surface area contributed by atoms with E-state index in [4.69, 9.17) is 4.74 Å². The molecule has 0 saturated carbocycles. The zero-order valence-electron chi connectivity index (χ0n) is 14.1. The molecule has 0 heterocycles. The Morgan fingerprint density at radius 1 is 0.708 bits per heavy atom. The van der Waals surface area contributed by atoms with Gasteiger partial charge in [-0.05, 0) is 60.8 Å². The first-order valence-electron chi connectivity index (χ1n) is 8.78. The van der Waals surface area contributed by atoms with Gasteiger partial charge in [-0.2, -0.15) is 0 Å². The largest absolute Gasteiger partial charge is 0.494 e. The van der Waals surface area contributed by atoms with Crippen LogP contribution in [0.4, 0.5) is 0 Å². The van der Waals surface area contributed by atoms with Gasteiger partial charge in [-0.3, -0.25) is 0 Å². The highest BCUT2D eigenvalue weighted by atomic mass is 16.5. The van der Waals surface area contributed by atoms with Crippen molar-refractivity contribution < 1.29 is 4.74 Å². The van der Waals surface area contributed by atoms with Gasteiger partial charge in [0.05, 0.1) is 6.61 Å². The standard InChI is InChI=1S/C22H25NO/c1-2-8-19(9-3-1)14-16-23-15-6-7-17-24-22-13-12-20-10-4-5-11-21(20)18-22/h1-5,8-13,18,23H,6-7,14-17H2. The molecule has 2 nitrogen and oxygen atoms in total. The van der Waals surface area contributed by atoms with Crippen LogP contribution < -0.4 is 10.1 Å². The predicted octanol–water partition coefficient (Wildman–Crippen LogP) is 4.83. The maximum absolute atomic E-state index is 5.86. The Balaban J connectivity index is 1.28. The Hall–Kier alpha value is -2.32. The predicted molar refractivity (Wildman–Crippen MR) is 102 cm³/mol. The summed E-state index contributed by atoms with van der Waals surface area (Å²) < 4.78 is 5.86. The lowest BCUT2D eigenvalue weighted by atomic mass is 10.1. The van der Waals surface area contributed by atoms with Crippen molar-refractivity contribution in [3.05, 3.63) is 78.4 Å². The van der Waals surface area contributed by atoms with E-state index in [1.165, 1.54) is 16.3 Å². The second-order valence-corrected chi connectivity index (χ2v) is 6.05. The average molecular weight is 319 g/mol. The van der Waals surface area contributed by atoms with E-state index in [2.05, 4.69) is 78.1 Å². The minimum atomic E-state index is 0.776. The number of ether oxygens (including phenoxy) is 1. The Kier molecular flexibility index (Phi) is 6.26. The topological polar surface area (TPSA) is 21.3 Å². The normalized spacial score (nSPS) is 10.8. The van der Waals surface area contributed by atoms with Crippen LogP contribution in [0.25, 0.3) is 10.8 Å². The molecule has 0 atom stereocenters. The molecular weight excluding hydrogens is 294 g/mol. The quantitative estimate of drug-likeness (QED) is 0.570. The number of benzene rings is 3. The van der Waals surface area contributed by atoms with Crippen molar-refractivity contribution in [2.24, 2.45) is 0 Å². The average Bonchev–Trinajstić information content (AvgIpc) is 2.64. The van der Waals surface area contributed by atoms with Crippen molar-refractivity contribution in [3.8, 4) is 5.75 Å². The summed E-state index contributed by atoms with van der Waals surface area (Å²) in [5.74, 6) is 0.964. The Bertz CT molecular complexity index is 739. The van der Waals surface area contributed by atoms with Crippen molar-refractivity contribution in [2.75, 3.05) is 19.7 Å². The minimum Gasteiger partial charge on any atom is -0.494 e. The van der Waals surface area contributed by atoms with Gasteiger partial charge in [-0.25, -0.2) is 0 Å². The maximum atomic E-state index is 5.86. The summed E-state index contributed by atoms with van der Waals surface area (Å²) in [4.78, 5) is 0. The minimum absolute atomic E-state index is 0.776. The van der Waals surface area contributed by atoms with Gasteiger partial charge < -0.3 is 10.1 Å². The molecule has 0 bridgehead atoms. The number of unbranched alkanes of at least 4 members (excludes halogenated alkanes) is 1. The molecule has 0 unspecified atom stereocenters. The van der Waals surface area contributed by atoms with Crippen molar-refractivity contribution in [1.82, 2.24) is 5.32 Å². The molecule has 0 aliphatic rings. The summed E-state index contributed by atoms with van der Waals surface area (Å²) in [7, 11) is 0. The molecule has 1 N–H and O–H groups in total. The van der Waals surface area contributed by atoms with E-state index in [0.717, 1.165) is 44.7 Å². The maximum Gasteiger partial charge on any atom is 0.119 e. The fraction of sp³-hybridized carbons (Fsp3) is 0.273. The van der Waals surface area contributed by atoms with Crippen LogP contribution in [-0.2, 0) is 6.42 Å². The number of hydrogen-bond donors (Lipinski definition) is 1. The van der Waals surface area contributed by atoms with Crippen molar-refractivity contribution in [2.45, 2.75) is 19.3 Å². The van der Waals surface area contributed by atoms with Crippen LogP contribution in [0.2, 0.25) is 0 Å². The second-order valence-electron chi connectivity index (χ2n) is 6.05. The fourth-order valence-corrected chi connectivity index (χ4v) is 2.80. The monoisotopic (exact) mass is 319 g/mol. The molecule has 0 amide bonds. The molecule has 0 spiro atoms. The lowest BCUT2D eigenvalue weighted by molar-refractivity contribution is 0.306. The SMILES string of the molecule is c1ccc(CCNCCCCOc2ccc3ccccc3c2)cc1. The molecule has 24 heavy (non-hydrogen) atoms. The van der Waals surface area contributed by atoms with E-state index < -0.39 is 0 Å². The molecule has 0 aromatic heterocycles. The Morgan fingerprint density at radius 3 is 2.38 bits per heavy atom. The van der Waals surface area contributed by atoms with E-state index in [0.29, 0.717) is 0 Å². The van der Waals surface area contributed by atoms with Crippen LogP contribution in [0.5, 0.6) is 5.75 Å². The van der Waals surface area contributed by atoms with Gasteiger partial charge in [0, 0.05) is 0 Å². The highest BCUT2D eigenvalue weighted by Gasteiger charge is 1.97. The zero-order valence-corrected chi connectivity index (χ0v) is 14.1. The van der Waals surface area contributed by atoms with E-state index >= 15 is 0 Å². The molecule has 3 rings (SSSR count). The van der Waals surface area contributed by atoms with Crippen LogP contribution in [0.1, 0.15) is 18.4 Å². The third kappa shape index (κ3) is 5.10. The molecule has 0 aliphatic carbocycles. The molecule has 3 aromatic rings. The summed E-state index contributed by atoms with van der Waals surface area (Å²) in [6.45, 7) is 2.86. The van der Waals surface area contributed by atoms with Crippen molar-refractivity contribution in [1.29, 1.82) is 0 Å². The lowest BCUT2D eigenvalue weighted by Gasteiger charge is -2.08. The van der Waals surface area contributed by atoms with Gasteiger partial charge in [0.15, 0.2) is 0 Å². The summed E-state index contributed by atoms with van der Waals surface area (Å²) >= 11 is 0. The van der Waals surface area contributed by atoms with Crippen LogP contribution in [0.15, 0.2) is 72.8 Å². The summed E-state index contributed by atoms with van der Waals surface area (Å²) in [5, 5.41) is 5.99. The molecule has 124 valence electrons. The third-order valence-corrected chi connectivity index (χ3v) is 4.17. The third-order valence-electron chi connectivity index (χ3n) is 4.17. The van der Waals surface area contributed by atoms with Crippen molar-refractivity contribution >= 4 is 10.8 Å². The van der Waals surface area contributed by atoms with Crippen LogP contribution in [0, 0.1) is 0 Å². The molecule has 0 radical (unpaired) electrons. The van der Waals surface area contributed by atoms with Crippen molar-refractivity contribution in [3.63, 3.8) is 0 Å². The first-order chi connectivity index (χ1) is 11.9. The van der Waals surface area contributed by atoms with Gasteiger partial charge in [-0.15, -0.1) is 0 Å². The molecule has 0 saturated heterocycles. The van der Waals surface area contributed by atoms with Crippen LogP contribution >= 0.6 is 0 Å². The van der Waals surface area contributed by atoms with E-state index in [-0.39, 0.29) is 0 Å². The Morgan fingerprint density at radius 2 is 1.50 bits per heavy atom. The van der Waals surface area contributed by atoms with Gasteiger partial charge >= 0.3 is 0 Å². The highest BCUT2D eigenvalue weighted by Crippen LogP contribution is 2.20. The van der Waals surface area contributed by atoms with Gasteiger partial charge in [0.2, 0.25) is 0 Å². The number of rotatable bonds is 9. The van der Waals surface area contributed by atoms with E-state index in [1.54, 1.807) is 0 Å². The molecule has 0 aliphatic heterocycles. The summed E-state index contributed by atoms with van der Waals surface area (Å²) in [6.07, 6.45) is 3.31. The molecular formula is C22H25NO. The summed E-state index contributed by atoms with van der Waals surface area (Å²) in [6, 6.07) is 25.3. The smallest absolute Gasteiger partial charge is 0.119 e. The summed E-state index contributed by atoms with van der Waals surface area (Å²) in [5.41, 5.74) is 1.39. The zero-order chi connectivity index (χ0) is 16.5. The van der Waals surface area contributed by atoms with Gasteiger partial charge in [0.1, 0.15) is 5.75 Å². The van der Waals surface area contributed by atoms with Crippen LogP contribution in [-0.4, -0.2) is 19.7 Å². The molecule has 3 aromatic carbocycles. The van der Waals surface area contributed by atoms with Gasteiger partial charge in [0.25, 0.3) is 0 Å². The van der Waals surface area contributed by atoms with E-state index in [9.17, 15) is 0 Å². The first kappa shape index (κ1) is 16.5. The molecule has 2 heteroatoms. The highest BCUT2D eigenvalue weighted by molar-refractivity contribution is 5.83. The number of hydrogen-bond acceptors (Lipinski definition) is 2. The fourth-order valence-electron chi connectivity index (χ4n) is 2.80. The first-order valence-corrected chi connectivity index (χ1v) is 8.78.